The minimum Gasteiger partial charge on any atom is -0.312 e. The van der Waals surface area contributed by atoms with Crippen LogP contribution in [0.1, 0.15) is 37.0 Å². The van der Waals surface area contributed by atoms with Crippen LogP contribution in [0.15, 0.2) is 36.4 Å². The number of anilines is 1. The Morgan fingerprint density at radius 3 is 2.74 bits per heavy atom. The molecule has 0 saturated carbocycles. The number of rotatable bonds is 5. The molecule has 3 rings (SSSR count). The van der Waals surface area contributed by atoms with Gasteiger partial charge in [-0.15, -0.1) is 0 Å². The molecule has 120 valence electrons. The Morgan fingerprint density at radius 1 is 1.22 bits per heavy atom. The Hall–Kier alpha value is -2.23. The minimum atomic E-state index is 0.209. The molecule has 1 atom stereocenters. The number of amides is 1. The smallest absolute Gasteiger partial charge is 0.227 e. The van der Waals surface area contributed by atoms with E-state index in [0.717, 1.165) is 48.7 Å². The Kier molecular flexibility index (Phi) is 4.70. The largest absolute Gasteiger partial charge is 0.312 e. The molecule has 4 heteroatoms. The topological polar surface area (TPSA) is 46.1 Å². The second-order valence-electron chi connectivity index (χ2n) is 6.28. The second-order valence-corrected chi connectivity index (χ2v) is 6.28. The van der Waals surface area contributed by atoms with Crippen molar-refractivity contribution in [2.24, 2.45) is 5.92 Å². The van der Waals surface area contributed by atoms with E-state index < -0.39 is 0 Å². The Morgan fingerprint density at radius 2 is 2.00 bits per heavy atom. The monoisotopic (exact) mass is 309 g/mol. The molecule has 0 radical (unpaired) electrons. The first-order valence-corrected chi connectivity index (χ1v) is 8.34. The lowest BCUT2D eigenvalue weighted by Gasteiger charge is -2.16. The quantitative estimate of drug-likeness (QED) is 0.851. The highest BCUT2D eigenvalue weighted by atomic mass is 16.2. The molecule has 0 aliphatic carbocycles. The van der Waals surface area contributed by atoms with Crippen molar-refractivity contribution in [2.75, 3.05) is 11.4 Å². The summed E-state index contributed by atoms with van der Waals surface area (Å²) in [5.74, 6) is 1.46. The molecule has 2 aromatic rings. The van der Waals surface area contributed by atoms with Crippen molar-refractivity contribution < 1.29 is 4.79 Å². The first-order chi connectivity index (χ1) is 11.2. The zero-order valence-electron chi connectivity index (χ0n) is 13.8. The molecular formula is C19H23N3O. The van der Waals surface area contributed by atoms with E-state index in [0.29, 0.717) is 12.3 Å². The van der Waals surface area contributed by atoms with E-state index in [1.54, 1.807) is 0 Å². The van der Waals surface area contributed by atoms with E-state index in [1.165, 1.54) is 0 Å². The first kappa shape index (κ1) is 15.7. The molecule has 0 bridgehead atoms. The lowest BCUT2D eigenvalue weighted by Crippen LogP contribution is -2.24. The summed E-state index contributed by atoms with van der Waals surface area (Å²) in [7, 11) is 0. The summed E-state index contributed by atoms with van der Waals surface area (Å²) >= 11 is 0. The van der Waals surface area contributed by atoms with Gasteiger partial charge in [0.1, 0.15) is 5.82 Å². The molecule has 1 aromatic carbocycles. The number of carbonyl (C=O) groups excluding carboxylic acids is 1. The van der Waals surface area contributed by atoms with Gasteiger partial charge in [0, 0.05) is 36.5 Å². The van der Waals surface area contributed by atoms with E-state index >= 15 is 0 Å². The van der Waals surface area contributed by atoms with Gasteiger partial charge < -0.3 is 4.90 Å². The Labute approximate surface area is 137 Å². The summed E-state index contributed by atoms with van der Waals surface area (Å²) in [5.41, 5.74) is 3.07. The van der Waals surface area contributed by atoms with Crippen molar-refractivity contribution in [3.8, 4) is 0 Å². The predicted octanol–water partition coefficient (Wildman–Crippen LogP) is 3.33. The minimum absolute atomic E-state index is 0.209. The zero-order valence-corrected chi connectivity index (χ0v) is 13.8. The molecule has 0 spiro atoms. The van der Waals surface area contributed by atoms with Crippen molar-refractivity contribution in [3.63, 3.8) is 0 Å². The van der Waals surface area contributed by atoms with Crippen molar-refractivity contribution in [1.82, 2.24) is 9.97 Å². The van der Waals surface area contributed by atoms with Crippen molar-refractivity contribution in [3.05, 3.63) is 53.6 Å². The van der Waals surface area contributed by atoms with Crippen molar-refractivity contribution in [1.29, 1.82) is 0 Å². The van der Waals surface area contributed by atoms with Crippen LogP contribution < -0.4 is 4.90 Å². The third-order valence-corrected chi connectivity index (χ3v) is 4.20. The second kappa shape index (κ2) is 6.90. The summed E-state index contributed by atoms with van der Waals surface area (Å²) in [6, 6.07) is 12.0. The van der Waals surface area contributed by atoms with Gasteiger partial charge in [-0.25, -0.2) is 9.97 Å². The molecule has 2 heterocycles. The average Bonchev–Trinajstić information content (AvgIpc) is 2.88. The summed E-state index contributed by atoms with van der Waals surface area (Å²) in [6.07, 6.45) is 3.40. The number of carbonyl (C=O) groups is 1. The molecule has 1 fully saturated rings. The van der Waals surface area contributed by atoms with Crippen LogP contribution in [0.3, 0.4) is 0 Å². The Balaban J connectivity index is 1.71. The van der Waals surface area contributed by atoms with Gasteiger partial charge in [-0.2, -0.15) is 0 Å². The number of benzene rings is 1. The molecule has 1 aliphatic rings. The van der Waals surface area contributed by atoms with Gasteiger partial charge in [-0.1, -0.05) is 25.1 Å². The molecule has 0 N–H and O–H groups in total. The number of hydrogen-bond donors (Lipinski definition) is 0. The van der Waals surface area contributed by atoms with E-state index in [1.807, 2.05) is 42.2 Å². The molecule has 1 saturated heterocycles. The van der Waals surface area contributed by atoms with E-state index in [9.17, 15) is 4.79 Å². The van der Waals surface area contributed by atoms with Crippen LogP contribution in [0, 0.1) is 12.8 Å². The van der Waals surface area contributed by atoms with Crippen LogP contribution in [0.2, 0.25) is 0 Å². The van der Waals surface area contributed by atoms with Gasteiger partial charge >= 0.3 is 0 Å². The SMILES string of the molecule is CCCc1nc(C)cc(C[C@@H]2CC(=O)N(c3ccccc3)C2)n1. The molecular weight excluding hydrogens is 286 g/mol. The molecule has 1 aliphatic heterocycles. The normalized spacial score (nSPS) is 17.7. The first-order valence-electron chi connectivity index (χ1n) is 8.34. The van der Waals surface area contributed by atoms with Gasteiger partial charge in [0.25, 0.3) is 0 Å². The Bertz CT molecular complexity index is 684. The summed E-state index contributed by atoms with van der Waals surface area (Å²) < 4.78 is 0. The predicted molar refractivity (Wildman–Crippen MR) is 91.4 cm³/mol. The molecule has 0 unspecified atom stereocenters. The van der Waals surface area contributed by atoms with Crippen LogP contribution in [0.25, 0.3) is 0 Å². The fourth-order valence-electron chi connectivity index (χ4n) is 3.21. The standard InChI is InChI=1S/C19H23N3O/c1-3-7-18-20-14(2)10-16(21-18)11-15-12-19(23)22(13-15)17-8-5-4-6-9-17/h4-6,8-10,15H,3,7,11-13H2,1-2H3/t15-/m1/s1. The summed E-state index contributed by atoms with van der Waals surface area (Å²) in [6.45, 7) is 4.92. The highest BCUT2D eigenvalue weighted by Crippen LogP contribution is 2.26. The molecule has 4 nitrogen and oxygen atoms in total. The van der Waals surface area contributed by atoms with Crippen molar-refractivity contribution in [2.45, 2.75) is 39.5 Å². The van der Waals surface area contributed by atoms with Gasteiger partial charge in [0.15, 0.2) is 0 Å². The lowest BCUT2D eigenvalue weighted by atomic mass is 10.0. The fraction of sp³-hybridized carbons (Fsp3) is 0.421. The number of nitrogens with zero attached hydrogens (tertiary/aromatic N) is 3. The third kappa shape index (κ3) is 3.76. The van der Waals surface area contributed by atoms with Crippen LogP contribution in [0.4, 0.5) is 5.69 Å². The van der Waals surface area contributed by atoms with E-state index in [4.69, 9.17) is 0 Å². The van der Waals surface area contributed by atoms with Crippen LogP contribution in [-0.4, -0.2) is 22.4 Å². The average molecular weight is 309 g/mol. The van der Waals surface area contributed by atoms with Crippen LogP contribution >= 0.6 is 0 Å². The van der Waals surface area contributed by atoms with Gasteiger partial charge in [-0.05, 0) is 43.9 Å². The van der Waals surface area contributed by atoms with Crippen molar-refractivity contribution >= 4 is 11.6 Å². The molecule has 23 heavy (non-hydrogen) atoms. The van der Waals surface area contributed by atoms with E-state index in [-0.39, 0.29) is 5.91 Å². The van der Waals surface area contributed by atoms with Gasteiger partial charge in [0.05, 0.1) is 0 Å². The third-order valence-electron chi connectivity index (χ3n) is 4.20. The zero-order chi connectivity index (χ0) is 16.2. The maximum absolute atomic E-state index is 12.3. The highest BCUT2D eigenvalue weighted by Gasteiger charge is 2.30. The fourth-order valence-corrected chi connectivity index (χ4v) is 3.21. The lowest BCUT2D eigenvalue weighted by molar-refractivity contribution is -0.117. The highest BCUT2D eigenvalue weighted by molar-refractivity contribution is 5.95. The summed E-state index contributed by atoms with van der Waals surface area (Å²) in [4.78, 5) is 23.4. The van der Waals surface area contributed by atoms with Crippen LogP contribution in [0.5, 0.6) is 0 Å². The van der Waals surface area contributed by atoms with Gasteiger partial charge in [-0.3, -0.25) is 4.79 Å². The number of aromatic nitrogens is 2. The number of hydrogen-bond acceptors (Lipinski definition) is 3. The maximum atomic E-state index is 12.3. The number of aryl methyl sites for hydroxylation is 2. The van der Waals surface area contributed by atoms with E-state index in [2.05, 4.69) is 23.0 Å². The molecule has 1 aromatic heterocycles. The summed E-state index contributed by atoms with van der Waals surface area (Å²) in [5, 5.41) is 0. The van der Waals surface area contributed by atoms with Gasteiger partial charge in [0.2, 0.25) is 5.91 Å². The number of para-hydroxylation sites is 1. The maximum Gasteiger partial charge on any atom is 0.227 e. The van der Waals surface area contributed by atoms with Crippen LogP contribution in [-0.2, 0) is 17.6 Å². The molecule has 1 amide bonds.